The lowest BCUT2D eigenvalue weighted by Crippen LogP contribution is -2.64. The Hall–Kier alpha value is -1.75. The van der Waals surface area contributed by atoms with E-state index in [4.69, 9.17) is 9.47 Å². The van der Waals surface area contributed by atoms with E-state index in [1.54, 1.807) is 0 Å². The van der Waals surface area contributed by atoms with E-state index >= 15 is 0 Å². The zero-order chi connectivity index (χ0) is 18.0. The van der Waals surface area contributed by atoms with Gasteiger partial charge in [-0.05, 0) is 74.5 Å². The van der Waals surface area contributed by atoms with Gasteiger partial charge in [-0.25, -0.2) is 0 Å². The molecular weight excluding hydrogens is 340 g/mol. The van der Waals surface area contributed by atoms with Gasteiger partial charge in [0, 0.05) is 37.3 Å². The number of hydrogen-bond acceptors (Lipinski definition) is 4. The molecule has 1 aromatic carbocycles. The van der Waals surface area contributed by atoms with Gasteiger partial charge in [0.2, 0.25) is 6.79 Å². The smallest absolute Gasteiger partial charge is 0.254 e. The van der Waals surface area contributed by atoms with Gasteiger partial charge < -0.3 is 14.4 Å². The van der Waals surface area contributed by atoms with Crippen LogP contribution in [0.4, 0.5) is 0 Å². The van der Waals surface area contributed by atoms with E-state index < -0.39 is 0 Å². The average Bonchev–Trinajstić information content (AvgIpc) is 3.14. The quantitative estimate of drug-likeness (QED) is 0.804. The largest absolute Gasteiger partial charge is 0.454 e. The van der Waals surface area contributed by atoms with Crippen LogP contribution < -0.4 is 9.47 Å². The van der Waals surface area contributed by atoms with Crippen LogP contribution in [0.15, 0.2) is 18.2 Å². The third-order valence-corrected chi connectivity index (χ3v) is 7.86. The summed E-state index contributed by atoms with van der Waals surface area (Å²) in [6.07, 6.45) is 8.70. The van der Waals surface area contributed by atoms with Crippen molar-refractivity contribution in [2.45, 2.75) is 44.1 Å². The molecule has 4 bridgehead atoms. The molecule has 5 fully saturated rings. The van der Waals surface area contributed by atoms with Crippen LogP contribution in [0.3, 0.4) is 0 Å². The summed E-state index contributed by atoms with van der Waals surface area (Å²) in [4.78, 5) is 17.8. The van der Waals surface area contributed by atoms with E-state index in [1.807, 2.05) is 23.1 Å². The number of nitrogens with zero attached hydrogens (tertiary/aromatic N) is 2. The first-order valence-corrected chi connectivity index (χ1v) is 10.6. The molecular formula is C22H28N2O3. The summed E-state index contributed by atoms with van der Waals surface area (Å²) in [5.74, 6) is 4.48. The zero-order valence-corrected chi connectivity index (χ0v) is 15.9. The van der Waals surface area contributed by atoms with Gasteiger partial charge in [-0.3, -0.25) is 9.69 Å². The Labute approximate surface area is 160 Å². The van der Waals surface area contributed by atoms with E-state index in [9.17, 15) is 4.79 Å². The maximum Gasteiger partial charge on any atom is 0.254 e. The lowest BCUT2D eigenvalue weighted by atomic mass is 9.52. The lowest BCUT2D eigenvalue weighted by molar-refractivity contribution is -0.0987. The van der Waals surface area contributed by atoms with Gasteiger partial charge in [-0.2, -0.15) is 0 Å². The Morgan fingerprint density at radius 2 is 1.52 bits per heavy atom. The summed E-state index contributed by atoms with van der Waals surface area (Å²) in [6, 6.07) is 5.54. The van der Waals surface area contributed by atoms with Crippen molar-refractivity contribution in [2.75, 3.05) is 33.0 Å². The highest BCUT2D eigenvalue weighted by Gasteiger charge is 2.53. The van der Waals surface area contributed by atoms with E-state index in [2.05, 4.69) is 4.90 Å². The third kappa shape index (κ3) is 2.58. The highest BCUT2D eigenvalue weighted by molar-refractivity contribution is 5.95. The van der Waals surface area contributed by atoms with Crippen molar-refractivity contribution >= 4 is 5.91 Å². The molecule has 27 heavy (non-hydrogen) atoms. The molecule has 1 aromatic rings. The minimum atomic E-state index is 0.124. The Morgan fingerprint density at radius 1 is 0.889 bits per heavy atom. The number of benzene rings is 1. The fourth-order valence-corrected chi connectivity index (χ4v) is 7.05. The average molecular weight is 368 g/mol. The van der Waals surface area contributed by atoms with Crippen LogP contribution in [0, 0.1) is 17.8 Å². The fraction of sp³-hybridized carbons (Fsp3) is 0.682. The van der Waals surface area contributed by atoms with Crippen LogP contribution >= 0.6 is 0 Å². The van der Waals surface area contributed by atoms with Crippen molar-refractivity contribution in [3.05, 3.63) is 23.8 Å². The van der Waals surface area contributed by atoms with Crippen LogP contribution in [0.25, 0.3) is 0 Å². The number of carbonyl (C=O) groups is 1. The predicted molar refractivity (Wildman–Crippen MR) is 101 cm³/mol. The number of rotatable bonds is 2. The van der Waals surface area contributed by atoms with Crippen molar-refractivity contribution in [1.29, 1.82) is 0 Å². The number of hydrogen-bond donors (Lipinski definition) is 0. The third-order valence-electron chi connectivity index (χ3n) is 7.86. The van der Waals surface area contributed by atoms with Crippen molar-refractivity contribution < 1.29 is 14.3 Å². The maximum atomic E-state index is 13.0. The Kier molecular flexibility index (Phi) is 3.53. The first kappa shape index (κ1) is 16.2. The normalized spacial score (nSPS) is 37.0. The summed E-state index contributed by atoms with van der Waals surface area (Å²) < 4.78 is 10.8. The summed E-state index contributed by atoms with van der Waals surface area (Å²) in [6.45, 7) is 3.99. The second-order valence-corrected chi connectivity index (χ2v) is 9.49. The molecule has 2 aliphatic heterocycles. The van der Waals surface area contributed by atoms with Gasteiger partial charge in [0.05, 0.1) is 0 Å². The van der Waals surface area contributed by atoms with Gasteiger partial charge in [0.15, 0.2) is 11.5 Å². The second kappa shape index (κ2) is 5.87. The van der Waals surface area contributed by atoms with Crippen LogP contribution in [0.2, 0.25) is 0 Å². The number of carbonyl (C=O) groups excluding carboxylic acids is 1. The van der Waals surface area contributed by atoms with Crippen LogP contribution in [0.5, 0.6) is 11.5 Å². The van der Waals surface area contributed by atoms with Crippen molar-refractivity contribution in [3.8, 4) is 11.5 Å². The lowest BCUT2D eigenvalue weighted by Gasteiger charge is -2.61. The molecule has 144 valence electrons. The van der Waals surface area contributed by atoms with E-state index in [-0.39, 0.29) is 12.7 Å². The molecule has 2 heterocycles. The monoisotopic (exact) mass is 368 g/mol. The molecule has 5 heteroatoms. The molecule has 1 saturated heterocycles. The Balaban J connectivity index is 1.14. The Bertz CT molecular complexity index is 734. The van der Waals surface area contributed by atoms with E-state index in [0.29, 0.717) is 16.9 Å². The molecule has 0 unspecified atom stereocenters. The van der Waals surface area contributed by atoms with Crippen LogP contribution in [-0.2, 0) is 0 Å². The molecule has 5 nitrogen and oxygen atoms in total. The molecule has 1 amide bonds. The molecule has 4 saturated carbocycles. The van der Waals surface area contributed by atoms with Crippen molar-refractivity contribution in [2.24, 2.45) is 17.8 Å². The van der Waals surface area contributed by atoms with Gasteiger partial charge in [0.25, 0.3) is 5.91 Å². The minimum absolute atomic E-state index is 0.124. The molecule has 0 spiro atoms. The first-order chi connectivity index (χ1) is 13.2. The van der Waals surface area contributed by atoms with Crippen molar-refractivity contribution in [1.82, 2.24) is 9.80 Å². The maximum absolute atomic E-state index is 13.0. The molecule has 0 N–H and O–H groups in total. The predicted octanol–water partition coefficient (Wildman–Crippen LogP) is 3.14. The second-order valence-electron chi connectivity index (χ2n) is 9.49. The molecule has 0 atom stereocenters. The SMILES string of the molecule is O=C(c1ccc2c(c1)OCO2)N1CCN(C23CC4CC(CC(C4)C2)C3)CC1. The molecule has 4 aliphatic carbocycles. The highest BCUT2D eigenvalue weighted by atomic mass is 16.7. The number of ether oxygens (including phenoxy) is 2. The zero-order valence-electron chi connectivity index (χ0n) is 15.9. The highest BCUT2D eigenvalue weighted by Crippen LogP contribution is 2.57. The van der Waals surface area contributed by atoms with Crippen LogP contribution in [-0.4, -0.2) is 54.2 Å². The number of amides is 1. The number of piperazine rings is 1. The van der Waals surface area contributed by atoms with Gasteiger partial charge in [-0.1, -0.05) is 0 Å². The van der Waals surface area contributed by atoms with Crippen molar-refractivity contribution in [3.63, 3.8) is 0 Å². The summed E-state index contributed by atoms with van der Waals surface area (Å²) in [5.41, 5.74) is 1.17. The first-order valence-electron chi connectivity index (χ1n) is 10.6. The standard InChI is InChI=1S/C22H28N2O3/c25-21(18-1-2-19-20(10-18)27-14-26-19)23-3-5-24(6-4-23)22-11-15-7-16(12-22)9-17(8-15)13-22/h1-2,10,15-17H,3-9,11-14H2. The summed E-state index contributed by atoms with van der Waals surface area (Å²) in [5, 5.41) is 0. The Morgan fingerprint density at radius 3 is 2.19 bits per heavy atom. The topological polar surface area (TPSA) is 42.0 Å². The van der Waals surface area contributed by atoms with E-state index in [1.165, 1.54) is 38.5 Å². The summed E-state index contributed by atoms with van der Waals surface area (Å²) >= 11 is 0. The molecule has 7 rings (SSSR count). The molecule has 6 aliphatic rings. The van der Waals surface area contributed by atoms with Gasteiger partial charge >= 0.3 is 0 Å². The molecule has 0 aromatic heterocycles. The van der Waals surface area contributed by atoms with E-state index in [0.717, 1.165) is 49.7 Å². The van der Waals surface area contributed by atoms with Gasteiger partial charge in [-0.15, -0.1) is 0 Å². The number of fused-ring (bicyclic) bond motifs is 1. The summed E-state index contributed by atoms with van der Waals surface area (Å²) in [7, 11) is 0. The van der Waals surface area contributed by atoms with Gasteiger partial charge in [0.1, 0.15) is 0 Å². The van der Waals surface area contributed by atoms with Crippen LogP contribution in [0.1, 0.15) is 48.9 Å². The fourth-order valence-electron chi connectivity index (χ4n) is 7.05. The molecule has 0 radical (unpaired) electrons. The minimum Gasteiger partial charge on any atom is -0.454 e.